The highest BCUT2D eigenvalue weighted by Crippen LogP contribution is 2.12. The van der Waals surface area contributed by atoms with E-state index in [0.717, 1.165) is 11.3 Å². The molecular weight excluding hydrogens is 170 g/mol. The normalized spacial score (nSPS) is 9.45. The molecule has 1 aromatic heterocycles. The fraction of sp³-hybridized carbons (Fsp3) is 0. The molecule has 2 N–H and O–H groups in total. The van der Waals surface area contributed by atoms with Crippen LogP contribution in [0.25, 0.3) is 0 Å². The maximum absolute atomic E-state index is 10.3. The third kappa shape index (κ3) is 1.35. The number of carboxylic acid groups (broad SMARTS) is 2. The van der Waals surface area contributed by atoms with E-state index in [1.165, 1.54) is 5.51 Å². The summed E-state index contributed by atoms with van der Waals surface area (Å²) in [5, 5.41) is 16.8. The Kier molecular flexibility index (Phi) is 1.86. The minimum absolute atomic E-state index is 0.238. The van der Waals surface area contributed by atoms with Crippen LogP contribution < -0.4 is 0 Å². The third-order valence-corrected chi connectivity index (χ3v) is 1.78. The molecule has 0 bridgehead atoms. The zero-order valence-electron chi connectivity index (χ0n) is 5.14. The summed E-state index contributed by atoms with van der Waals surface area (Å²) in [6.45, 7) is 0. The van der Waals surface area contributed by atoms with Crippen LogP contribution in [0.2, 0.25) is 0 Å². The van der Waals surface area contributed by atoms with Crippen LogP contribution >= 0.6 is 11.3 Å². The number of aromatic nitrogens is 1. The standard InChI is InChI=1S/C5H3NO4S/c7-4(8)2-3(5(9)10)11-1-6-2/h1H,(H,7,8)(H,9,10). The van der Waals surface area contributed by atoms with Gasteiger partial charge in [0.05, 0.1) is 5.51 Å². The first-order valence-electron chi connectivity index (χ1n) is 2.53. The molecule has 58 valence electrons. The molecule has 6 heteroatoms. The van der Waals surface area contributed by atoms with Gasteiger partial charge in [-0.15, -0.1) is 11.3 Å². The van der Waals surface area contributed by atoms with Crippen LogP contribution in [0.4, 0.5) is 0 Å². The predicted molar refractivity (Wildman–Crippen MR) is 36.0 cm³/mol. The SMILES string of the molecule is O=C(O)c1ncsc1C(=O)O. The van der Waals surface area contributed by atoms with Gasteiger partial charge < -0.3 is 10.2 Å². The Morgan fingerprint density at radius 3 is 2.36 bits per heavy atom. The molecule has 0 unspecified atom stereocenters. The Hall–Kier alpha value is -1.43. The average molecular weight is 173 g/mol. The minimum Gasteiger partial charge on any atom is -0.477 e. The predicted octanol–water partition coefficient (Wildman–Crippen LogP) is 0.539. The van der Waals surface area contributed by atoms with E-state index >= 15 is 0 Å². The number of nitrogens with zero attached hydrogens (tertiary/aromatic N) is 1. The van der Waals surface area contributed by atoms with Crippen molar-refractivity contribution in [3.63, 3.8) is 0 Å². The number of hydrogen-bond acceptors (Lipinski definition) is 4. The fourth-order valence-electron chi connectivity index (χ4n) is 0.550. The van der Waals surface area contributed by atoms with Crippen molar-refractivity contribution < 1.29 is 19.8 Å². The van der Waals surface area contributed by atoms with Crippen molar-refractivity contribution in [1.82, 2.24) is 4.98 Å². The number of carbonyl (C=O) groups is 2. The molecule has 0 aliphatic carbocycles. The summed E-state index contributed by atoms with van der Waals surface area (Å²) in [5.41, 5.74) is 0.787. The van der Waals surface area contributed by atoms with Crippen LogP contribution in [-0.4, -0.2) is 27.1 Å². The van der Waals surface area contributed by atoms with Crippen LogP contribution in [-0.2, 0) is 0 Å². The first-order valence-corrected chi connectivity index (χ1v) is 3.41. The smallest absolute Gasteiger partial charge is 0.356 e. The highest BCUT2D eigenvalue weighted by Gasteiger charge is 2.18. The lowest BCUT2D eigenvalue weighted by Gasteiger charge is -1.88. The molecule has 0 aromatic carbocycles. The molecule has 1 rings (SSSR count). The van der Waals surface area contributed by atoms with E-state index in [2.05, 4.69) is 4.98 Å². The Bertz CT molecular complexity index is 277. The number of thiazole rings is 1. The van der Waals surface area contributed by atoms with Gasteiger partial charge >= 0.3 is 11.9 Å². The van der Waals surface area contributed by atoms with Crippen molar-refractivity contribution >= 4 is 23.3 Å². The van der Waals surface area contributed by atoms with Crippen molar-refractivity contribution in [3.05, 3.63) is 16.1 Å². The van der Waals surface area contributed by atoms with E-state index in [-0.39, 0.29) is 4.88 Å². The van der Waals surface area contributed by atoms with Crippen LogP contribution in [0.3, 0.4) is 0 Å². The Balaban J connectivity index is 3.16. The molecule has 5 nitrogen and oxygen atoms in total. The Labute approximate surface area is 64.9 Å². The number of aromatic carboxylic acids is 2. The van der Waals surface area contributed by atoms with Crippen LogP contribution in [0, 0.1) is 0 Å². The molecular formula is C5H3NO4S. The topological polar surface area (TPSA) is 87.5 Å². The van der Waals surface area contributed by atoms with Gasteiger partial charge in [0.1, 0.15) is 4.88 Å². The maximum atomic E-state index is 10.3. The second kappa shape index (κ2) is 2.67. The summed E-state index contributed by atoms with van der Waals surface area (Å²) < 4.78 is 0. The summed E-state index contributed by atoms with van der Waals surface area (Å²) in [6, 6.07) is 0. The first kappa shape index (κ1) is 7.67. The van der Waals surface area contributed by atoms with Gasteiger partial charge in [-0.2, -0.15) is 0 Å². The summed E-state index contributed by atoms with van der Waals surface area (Å²) in [7, 11) is 0. The molecule has 0 radical (unpaired) electrons. The van der Waals surface area contributed by atoms with Gasteiger partial charge in [0.15, 0.2) is 5.69 Å². The molecule has 11 heavy (non-hydrogen) atoms. The molecule has 1 aromatic rings. The van der Waals surface area contributed by atoms with Crippen LogP contribution in [0.15, 0.2) is 5.51 Å². The van der Waals surface area contributed by atoms with Crippen molar-refractivity contribution in [2.45, 2.75) is 0 Å². The van der Waals surface area contributed by atoms with Crippen LogP contribution in [0.5, 0.6) is 0 Å². The summed E-state index contributed by atoms with van der Waals surface area (Å²) >= 11 is 0.794. The summed E-state index contributed by atoms with van der Waals surface area (Å²) in [4.78, 5) is 23.7. The third-order valence-electron chi connectivity index (χ3n) is 0.964. The second-order valence-electron chi connectivity index (χ2n) is 1.64. The van der Waals surface area contributed by atoms with E-state index in [1.807, 2.05) is 0 Å². The van der Waals surface area contributed by atoms with Crippen molar-refractivity contribution in [3.8, 4) is 0 Å². The van der Waals surface area contributed by atoms with Gasteiger partial charge in [-0.3, -0.25) is 0 Å². The van der Waals surface area contributed by atoms with Crippen LogP contribution in [0.1, 0.15) is 20.2 Å². The van der Waals surface area contributed by atoms with Gasteiger partial charge in [0.2, 0.25) is 0 Å². The molecule has 0 fully saturated rings. The van der Waals surface area contributed by atoms with E-state index in [1.54, 1.807) is 0 Å². The quantitative estimate of drug-likeness (QED) is 0.681. The van der Waals surface area contributed by atoms with Crippen molar-refractivity contribution in [1.29, 1.82) is 0 Å². The first-order chi connectivity index (χ1) is 5.13. The molecule has 0 amide bonds. The average Bonchev–Trinajstić information content (AvgIpc) is 2.32. The molecule has 0 saturated carbocycles. The fourth-order valence-corrected chi connectivity index (χ4v) is 1.17. The minimum atomic E-state index is -1.32. The Morgan fingerprint density at radius 1 is 1.36 bits per heavy atom. The van der Waals surface area contributed by atoms with Gasteiger partial charge in [-0.05, 0) is 0 Å². The molecule has 0 aliphatic heterocycles. The maximum Gasteiger partial charge on any atom is 0.356 e. The molecule has 0 spiro atoms. The zero-order valence-corrected chi connectivity index (χ0v) is 5.96. The lowest BCUT2D eigenvalue weighted by Crippen LogP contribution is -2.04. The number of rotatable bonds is 2. The summed E-state index contributed by atoms with van der Waals surface area (Å²) in [6.07, 6.45) is 0. The largest absolute Gasteiger partial charge is 0.477 e. The van der Waals surface area contributed by atoms with Gasteiger partial charge in [0, 0.05) is 0 Å². The van der Waals surface area contributed by atoms with Gasteiger partial charge in [-0.1, -0.05) is 0 Å². The monoisotopic (exact) mass is 173 g/mol. The highest BCUT2D eigenvalue weighted by molar-refractivity contribution is 7.12. The van der Waals surface area contributed by atoms with E-state index in [9.17, 15) is 9.59 Å². The number of carboxylic acids is 2. The van der Waals surface area contributed by atoms with E-state index in [0.29, 0.717) is 0 Å². The van der Waals surface area contributed by atoms with Crippen molar-refractivity contribution in [2.75, 3.05) is 0 Å². The molecule has 1 heterocycles. The molecule has 0 atom stereocenters. The molecule has 0 aliphatic rings. The van der Waals surface area contributed by atoms with E-state index in [4.69, 9.17) is 10.2 Å². The Morgan fingerprint density at radius 2 is 2.00 bits per heavy atom. The number of hydrogen-bond donors (Lipinski definition) is 2. The van der Waals surface area contributed by atoms with Crippen molar-refractivity contribution in [2.24, 2.45) is 0 Å². The zero-order chi connectivity index (χ0) is 8.43. The highest BCUT2D eigenvalue weighted by atomic mass is 32.1. The lowest BCUT2D eigenvalue weighted by molar-refractivity contribution is 0.0651. The van der Waals surface area contributed by atoms with E-state index < -0.39 is 17.6 Å². The van der Waals surface area contributed by atoms with Gasteiger partial charge in [0.25, 0.3) is 0 Å². The summed E-state index contributed by atoms with van der Waals surface area (Å²) in [5.74, 6) is -2.58. The second-order valence-corrected chi connectivity index (χ2v) is 2.50. The lowest BCUT2D eigenvalue weighted by atomic mass is 10.4. The van der Waals surface area contributed by atoms with Gasteiger partial charge in [-0.25, -0.2) is 14.6 Å². The molecule has 0 saturated heterocycles.